The van der Waals surface area contributed by atoms with Crippen molar-refractivity contribution in [3.05, 3.63) is 59.7 Å². The molecule has 0 aromatic heterocycles. The molecule has 0 bridgehead atoms. The fourth-order valence-corrected chi connectivity index (χ4v) is 2.46. The van der Waals surface area contributed by atoms with Gasteiger partial charge < -0.3 is 4.74 Å². The van der Waals surface area contributed by atoms with Crippen LogP contribution in [-0.4, -0.2) is 17.8 Å². The molecule has 0 saturated carbocycles. The minimum absolute atomic E-state index is 0.218. The minimum atomic E-state index is -0.485. The van der Waals surface area contributed by atoms with Crippen molar-refractivity contribution in [2.75, 3.05) is 4.90 Å². The lowest BCUT2D eigenvalue weighted by molar-refractivity contribution is -0.121. The monoisotopic (exact) mass is 309 g/mol. The van der Waals surface area contributed by atoms with E-state index in [0.29, 0.717) is 17.0 Å². The van der Waals surface area contributed by atoms with Gasteiger partial charge in [-0.3, -0.25) is 14.5 Å². The average Bonchev–Trinajstić information content (AvgIpc) is 2.86. The number of imide groups is 1. The number of carbonyl (C=O) groups excluding carboxylic acids is 3. The number of carbonyl (C=O) groups is 3. The first kappa shape index (κ1) is 15.0. The number of hydrogen-bond acceptors (Lipinski definition) is 4. The standard InChI is InChI=1S/C18H15NO4/c1-12-3-2-4-15(11-12)23-18(22)13-5-7-14(8-6-13)19-16(20)9-10-17(19)21/h2-8,11H,9-10H2,1H3. The normalized spacial score (nSPS) is 14.2. The van der Waals surface area contributed by atoms with E-state index in [2.05, 4.69) is 0 Å². The van der Waals surface area contributed by atoms with Crippen LogP contribution in [0.5, 0.6) is 5.75 Å². The molecule has 1 aliphatic rings. The van der Waals surface area contributed by atoms with Crippen LogP contribution in [0.2, 0.25) is 0 Å². The van der Waals surface area contributed by atoms with Gasteiger partial charge in [0.2, 0.25) is 11.8 Å². The van der Waals surface area contributed by atoms with Crippen molar-refractivity contribution in [2.24, 2.45) is 0 Å². The Hall–Kier alpha value is -2.95. The highest BCUT2D eigenvalue weighted by atomic mass is 16.5. The summed E-state index contributed by atoms with van der Waals surface area (Å²) in [6.45, 7) is 1.91. The fraction of sp³-hybridized carbons (Fsp3) is 0.167. The molecule has 0 aliphatic carbocycles. The first-order chi connectivity index (χ1) is 11.0. The third kappa shape index (κ3) is 3.13. The van der Waals surface area contributed by atoms with E-state index in [-0.39, 0.29) is 24.7 Å². The lowest BCUT2D eigenvalue weighted by atomic mass is 10.2. The summed E-state index contributed by atoms with van der Waals surface area (Å²) < 4.78 is 5.30. The lowest BCUT2D eigenvalue weighted by Gasteiger charge is -2.14. The first-order valence-corrected chi connectivity index (χ1v) is 7.29. The van der Waals surface area contributed by atoms with Crippen molar-refractivity contribution < 1.29 is 19.1 Å². The lowest BCUT2D eigenvalue weighted by Crippen LogP contribution is -2.28. The Morgan fingerprint density at radius 3 is 2.26 bits per heavy atom. The maximum atomic E-state index is 12.1. The molecule has 2 aromatic rings. The largest absolute Gasteiger partial charge is 0.423 e. The molecule has 1 saturated heterocycles. The van der Waals surface area contributed by atoms with Gasteiger partial charge in [-0.15, -0.1) is 0 Å². The maximum absolute atomic E-state index is 12.1. The van der Waals surface area contributed by atoms with Crippen LogP contribution in [0.4, 0.5) is 5.69 Å². The van der Waals surface area contributed by atoms with E-state index in [0.717, 1.165) is 10.5 Å². The van der Waals surface area contributed by atoms with Gasteiger partial charge in [0, 0.05) is 12.8 Å². The maximum Gasteiger partial charge on any atom is 0.343 e. The Morgan fingerprint density at radius 2 is 1.65 bits per heavy atom. The Labute approximate surface area is 133 Å². The number of rotatable bonds is 3. The van der Waals surface area contributed by atoms with Crippen LogP contribution < -0.4 is 9.64 Å². The summed E-state index contributed by atoms with van der Waals surface area (Å²) in [5, 5.41) is 0. The molecule has 1 aliphatic heterocycles. The summed E-state index contributed by atoms with van der Waals surface area (Å²) in [5.41, 5.74) is 1.83. The zero-order valence-corrected chi connectivity index (χ0v) is 12.6. The highest BCUT2D eigenvalue weighted by Gasteiger charge is 2.30. The van der Waals surface area contributed by atoms with Gasteiger partial charge in [-0.25, -0.2) is 4.79 Å². The Morgan fingerprint density at radius 1 is 1.00 bits per heavy atom. The first-order valence-electron chi connectivity index (χ1n) is 7.29. The summed E-state index contributed by atoms with van der Waals surface area (Å²) in [7, 11) is 0. The van der Waals surface area contributed by atoms with Crippen molar-refractivity contribution in [2.45, 2.75) is 19.8 Å². The molecule has 0 atom stereocenters. The molecule has 5 heteroatoms. The quantitative estimate of drug-likeness (QED) is 0.497. The second-order valence-corrected chi connectivity index (χ2v) is 5.38. The van der Waals surface area contributed by atoms with E-state index in [1.54, 1.807) is 36.4 Å². The van der Waals surface area contributed by atoms with Crippen LogP contribution in [0.1, 0.15) is 28.8 Å². The van der Waals surface area contributed by atoms with Crippen LogP contribution >= 0.6 is 0 Å². The van der Waals surface area contributed by atoms with E-state index in [9.17, 15) is 14.4 Å². The third-order valence-electron chi connectivity index (χ3n) is 3.61. The molecule has 2 amide bonds. The Bertz CT molecular complexity index is 764. The highest BCUT2D eigenvalue weighted by Crippen LogP contribution is 2.23. The molecular weight excluding hydrogens is 294 g/mol. The van der Waals surface area contributed by atoms with Crippen molar-refractivity contribution in [1.29, 1.82) is 0 Å². The van der Waals surface area contributed by atoms with Gasteiger partial charge in [-0.1, -0.05) is 12.1 Å². The van der Waals surface area contributed by atoms with Crippen molar-refractivity contribution in [3.63, 3.8) is 0 Å². The molecule has 1 fully saturated rings. The average molecular weight is 309 g/mol. The number of benzene rings is 2. The van der Waals surface area contributed by atoms with E-state index in [1.165, 1.54) is 0 Å². The van der Waals surface area contributed by atoms with Gasteiger partial charge in [0.05, 0.1) is 11.3 Å². The predicted octanol–water partition coefficient (Wildman–Crippen LogP) is 2.87. The summed E-state index contributed by atoms with van der Waals surface area (Å²) in [6, 6.07) is 13.5. The van der Waals surface area contributed by atoms with Crippen molar-refractivity contribution in [3.8, 4) is 5.75 Å². The molecule has 1 heterocycles. The Kier molecular flexibility index (Phi) is 3.93. The molecular formula is C18H15NO4. The van der Waals surface area contributed by atoms with E-state index < -0.39 is 5.97 Å². The Balaban J connectivity index is 1.75. The fourth-order valence-electron chi connectivity index (χ4n) is 2.46. The summed E-state index contributed by atoms with van der Waals surface area (Å²) in [6.07, 6.45) is 0.464. The van der Waals surface area contributed by atoms with Gasteiger partial charge in [-0.05, 0) is 48.9 Å². The molecule has 3 rings (SSSR count). The van der Waals surface area contributed by atoms with Gasteiger partial charge >= 0.3 is 5.97 Å². The molecule has 0 N–H and O–H groups in total. The highest BCUT2D eigenvalue weighted by molar-refractivity contribution is 6.19. The number of hydrogen-bond donors (Lipinski definition) is 0. The van der Waals surface area contributed by atoms with Gasteiger partial charge in [0.25, 0.3) is 0 Å². The molecule has 2 aromatic carbocycles. The van der Waals surface area contributed by atoms with Crippen molar-refractivity contribution >= 4 is 23.5 Å². The van der Waals surface area contributed by atoms with E-state index in [1.807, 2.05) is 19.1 Å². The van der Waals surface area contributed by atoms with Gasteiger partial charge in [0.15, 0.2) is 0 Å². The van der Waals surface area contributed by atoms with Crippen LogP contribution in [0.3, 0.4) is 0 Å². The van der Waals surface area contributed by atoms with Gasteiger partial charge in [-0.2, -0.15) is 0 Å². The molecule has 0 unspecified atom stereocenters. The summed E-state index contributed by atoms with van der Waals surface area (Å²) in [4.78, 5) is 36.6. The van der Waals surface area contributed by atoms with Crippen molar-refractivity contribution in [1.82, 2.24) is 0 Å². The summed E-state index contributed by atoms with van der Waals surface area (Å²) >= 11 is 0. The predicted molar refractivity (Wildman–Crippen MR) is 84.3 cm³/mol. The number of esters is 1. The van der Waals surface area contributed by atoms with Crippen LogP contribution in [0, 0.1) is 6.92 Å². The van der Waals surface area contributed by atoms with Crippen LogP contribution in [0.15, 0.2) is 48.5 Å². The number of nitrogens with zero attached hydrogens (tertiary/aromatic N) is 1. The van der Waals surface area contributed by atoms with E-state index >= 15 is 0 Å². The van der Waals surface area contributed by atoms with Crippen LogP contribution in [-0.2, 0) is 9.59 Å². The second-order valence-electron chi connectivity index (χ2n) is 5.38. The minimum Gasteiger partial charge on any atom is -0.423 e. The molecule has 5 nitrogen and oxygen atoms in total. The molecule has 23 heavy (non-hydrogen) atoms. The number of ether oxygens (including phenoxy) is 1. The molecule has 0 radical (unpaired) electrons. The molecule has 116 valence electrons. The van der Waals surface area contributed by atoms with Crippen LogP contribution in [0.25, 0.3) is 0 Å². The second kappa shape index (κ2) is 6.04. The van der Waals surface area contributed by atoms with E-state index in [4.69, 9.17) is 4.74 Å². The smallest absolute Gasteiger partial charge is 0.343 e. The molecule has 0 spiro atoms. The number of aryl methyl sites for hydroxylation is 1. The zero-order chi connectivity index (χ0) is 16.4. The number of amides is 2. The summed E-state index contributed by atoms with van der Waals surface area (Å²) in [5.74, 6) is -0.444. The third-order valence-corrected chi connectivity index (χ3v) is 3.61. The topological polar surface area (TPSA) is 63.7 Å². The number of anilines is 1. The SMILES string of the molecule is Cc1cccc(OC(=O)c2ccc(N3C(=O)CCC3=O)cc2)c1. The zero-order valence-electron chi connectivity index (χ0n) is 12.6. The van der Waals surface area contributed by atoms with Gasteiger partial charge in [0.1, 0.15) is 5.75 Å².